The molecule has 2 heteroatoms. The smallest absolute Gasteiger partial charge is 0.0178 e. The van der Waals surface area contributed by atoms with Gasteiger partial charge < -0.3 is 5.73 Å². The number of nitrogens with two attached hydrogens (primary N) is 1. The van der Waals surface area contributed by atoms with Crippen molar-refractivity contribution in [2.45, 2.75) is 21.5 Å². The van der Waals surface area contributed by atoms with Crippen LogP contribution in [0.25, 0.3) is 0 Å². The fourth-order valence-electron chi connectivity index (χ4n) is 0.788. The van der Waals surface area contributed by atoms with Crippen LogP contribution in [0, 0.1) is 0 Å². The molecule has 0 saturated carbocycles. The molecule has 0 amide bonds. The summed E-state index contributed by atoms with van der Waals surface area (Å²) >= 11 is -0.360. The van der Waals surface area contributed by atoms with Gasteiger partial charge in [-0.05, 0) is 5.56 Å². The van der Waals surface area contributed by atoms with E-state index in [0.717, 1.165) is 0 Å². The van der Waals surface area contributed by atoms with E-state index in [1.165, 1.54) is 10.2 Å². The Bertz CT molecular complexity index is 231. The van der Waals surface area contributed by atoms with E-state index in [-0.39, 0.29) is 18.4 Å². The number of rotatable bonds is 3. The summed E-state index contributed by atoms with van der Waals surface area (Å²) in [4.78, 5) is 0. The molecule has 0 aromatic heterocycles. The molecule has 14 heavy (non-hydrogen) atoms. The second kappa shape index (κ2) is 9.22. The first kappa shape index (κ1) is 13.7. The zero-order chi connectivity index (χ0) is 10.8. The fourth-order valence-corrected chi connectivity index (χ4v) is 2.04. The van der Waals surface area contributed by atoms with Gasteiger partial charge in [0.1, 0.15) is 0 Å². The Hall–Kier alpha value is -0.340. The average Bonchev–Trinajstić information content (AvgIpc) is 2.20. The molecule has 0 unspecified atom stereocenters. The Labute approximate surface area is 94.1 Å². The Morgan fingerprint density at radius 2 is 1.86 bits per heavy atom. The van der Waals surface area contributed by atoms with Crippen LogP contribution in [0.5, 0.6) is 0 Å². The first-order valence-electron chi connectivity index (χ1n) is 4.31. The molecule has 0 bridgehead atoms. The summed E-state index contributed by atoms with van der Waals surface area (Å²) < 4.78 is 1.29. The van der Waals surface area contributed by atoms with Crippen molar-refractivity contribution in [3.63, 3.8) is 0 Å². The molecule has 0 aliphatic heterocycles. The van der Waals surface area contributed by atoms with Crippen molar-refractivity contribution in [2.75, 3.05) is 0 Å². The van der Waals surface area contributed by atoms with Crippen LogP contribution in [0.3, 0.4) is 0 Å². The van der Waals surface area contributed by atoms with E-state index in [1.54, 1.807) is 0 Å². The van der Waals surface area contributed by atoms with Crippen LogP contribution in [-0.4, -0.2) is 0 Å². The van der Waals surface area contributed by atoms with Crippen molar-refractivity contribution in [1.82, 2.24) is 0 Å². The minimum atomic E-state index is -0.360. The van der Waals surface area contributed by atoms with Gasteiger partial charge in [0.25, 0.3) is 0 Å². The summed E-state index contributed by atoms with van der Waals surface area (Å²) in [5.41, 5.74) is 6.54. The van der Waals surface area contributed by atoms with E-state index in [1.807, 2.05) is 36.4 Å². The standard InChI is InChI=1S/C7H9N.C3H5.2CH3.Au/c8-6-7-4-2-1-3-5-7;1-3-2;;;/h1-5H,6,8H2;3H,1-2H2;2*1H3;. The van der Waals surface area contributed by atoms with Gasteiger partial charge in [0.05, 0.1) is 0 Å². The van der Waals surface area contributed by atoms with E-state index >= 15 is 0 Å². The molecule has 0 radical (unpaired) electrons. The molecule has 1 rings (SSSR count). The largest absolute Gasteiger partial charge is 0.326 e. The molecule has 1 nitrogen and oxygen atoms in total. The van der Waals surface area contributed by atoms with Gasteiger partial charge in [-0.1, -0.05) is 30.3 Å². The van der Waals surface area contributed by atoms with Gasteiger partial charge in [-0.2, -0.15) is 0 Å². The third-order valence-corrected chi connectivity index (χ3v) is 3.81. The summed E-state index contributed by atoms with van der Waals surface area (Å²) in [6, 6.07) is 9.99. The Balaban J connectivity index is 0.000000255. The van der Waals surface area contributed by atoms with Crippen LogP contribution in [0.2, 0.25) is 14.9 Å². The van der Waals surface area contributed by atoms with E-state index in [2.05, 4.69) is 16.9 Å². The zero-order valence-electron chi connectivity index (χ0n) is 8.96. The molecule has 2 N–H and O–H groups in total. The van der Waals surface area contributed by atoms with E-state index in [0.29, 0.717) is 6.54 Å². The Morgan fingerprint density at radius 3 is 2.07 bits per heavy atom. The molecule has 0 aliphatic carbocycles. The molecule has 1 aromatic carbocycles. The van der Waals surface area contributed by atoms with Gasteiger partial charge in [-0.15, -0.1) is 0 Å². The first-order chi connectivity index (χ1) is 6.70. The van der Waals surface area contributed by atoms with Crippen LogP contribution in [0.15, 0.2) is 43.0 Å². The summed E-state index contributed by atoms with van der Waals surface area (Å²) in [7, 11) is 0. The molecule has 0 fully saturated rings. The molecule has 1 aromatic rings. The van der Waals surface area contributed by atoms with Crippen molar-refractivity contribution in [1.29, 1.82) is 0 Å². The van der Waals surface area contributed by atoms with Crippen molar-refractivity contribution in [3.8, 4) is 0 Å². The minimum absolute atomic E-state index is 0.360. The predicted octanol–water partition coefficient (Wildman–Crippen LogP) is 3.45. The summed E-state index contributed by atoms with van der Waals surface area (Å²) in [6.07, 6.45) is 2.01. The summed E-state index contributed by atoms with van der Waals surface area (Å²) in [6.45, 7) is 4.28. The van der Waals surface area contributed by atoms with E-state index < -0.39 is 0 Å². The van der Waals surface area contributed by atoms with E-state index in [9.17, 15) is 0 Å². The van der Waals surface area contributed by atoms with E-state index in [4.69, 9.17) is 5.73 Å². The molecular formula is C12H20AuN. The predicted molar refractivity (Wildman–Crippen MR) is 61.1 cm³/mol. The second-order valence-electron chi connectivity index (χ2n) is 2.83. The maximum Gasteiger partial charge on any atom is 0.0178 e. The van der Waals surface area contributed by atoms with Gasteiger partial charge in [-0.25, -0.2) is 0 Å². The SMILES string of the molecule is C=C[CH2][Au]([CH3])[CH3].NCc1ccccc1. The fraction of sp³-hybridized carbons (Fsp3) is 0.333. The van der Waals surface area contributed by atoms with Gasteiger partial charge in [0.15, 0.2) is 0 Å². The third-order valence-electron chi connectivity index (χ3n) is 1.41. The van der Waals surface area contributed by atoms with Gasteiger partial charge in [0.2, 0.25) is 0 Å². The zero-order valence-corrected chi connectivity index (χ0v) is 11.1. The van der Waals surface area contributed by atoms with Crippen molar-refractivity contribution < 1.29 is 18.4 Å². The number of benzene rings is 1. The van der Waals surface area contributed by atoms with Gasteiger partial charge >= 0.3 is 46.0 Å². The number of hydrogen-bond donors (Lipinski definition) is 1. The minimum Gasteiger partial charge on any atom is -0.326 e. The average molecular weight is 375 g/mol. The van der Waals surface area contributed by atoms with Crippen LogP contribution in [-0.2, 0) is 25.0 Å². The third kappa shape index (κ3) is 8.27. The first-order valence-corrected chi connectivity index (χ1v) is 10.2. The van der Waals surface area contributed by atoms with Gasteiger partial charge in [0, 0.05) is 6.54 Å². The quantitative estimate of drug-likeness (QED) is 0.636. The topological polar surface area (TPSA) is 26.0 Å². The monoisotopic (exact) mass is 375 g/mol. The van der Waals surface area contributed by atoms with Crippen molar-refractivity contribution in [3.05, 3.63) is 48.6 Å². The number of allylic oxidation sites excluding steroid dienone is 1. The normalized spacial score (nSPS) is 9.79. The Kier molecular flexibility index (Phi) is 9.00. The molecule has 0 atom stereocenters. The summed E-state index contributed by atoms with van der Waals surface area (Å²) in [5.74, 6) is 0. The second-order valence-corrected chi connectivity index (χ2v) is 8.94. The van der Waals surface area contributed by atoms with Crippen LogP contribution < -0.4 is 5.73 Å². The van der Waals surface area contributed by atoms with Crippen LogP contribution in [0.4, 0.5) is 0 Å². The molecule has 0 spiro atoms. The Morgan fingerprint density at radius 1 is 1.29 bits per heavy atom. The van der Waals surface area contributed by atoms with Crippen molar-refractivity contribution >= 4 is 0 Å². The van der Waals surface area contributed by atoms with Gasteiger partial charge in [-0.3, -0.25) is 0 Å². The van der Waals surface area contributed by atoms with Crippen molar-refractivity contribution in [2.24, 2.45) is 5.73 Å². The summed E-state index contributed by atoms with van der Waals surface area (Å²) in [5, 5.41) is 4.66. The maximum absolute atomic E-state index is 5.35. The molecule has 0 heterocycles. The van der Waals surface area contributed by atoms with Crippen LogP contribution >= 0.6 is 0 Å². The van der Waals surface area contributed by atoms with Crippen LogP contribution in [0.1, 0.15) is 5.56 Å². The molecule has 0 aliphatic rings. The molecular weight excluding hydrogens is 355 g/mol. The number of hydrogen-bond acceptors (Lipinski definition) is 1. The maximum atomic E-state index is 5.35. The molecule has 84 valence electrons. The molecule has 0 saturated heterocycles.